The smallest absolute Gasteiger partial charge is 0.234 e. The Bertz CT molecular complexity index is 585. The van der Waals surface area contributed by atoms with Gasteiger partial charge in [0.1, 0.15) is 0 Å². The molecule has 22 heavy (non-hydrogen) atoms. The van der Waals surface area contributed by atoms with Crippen LogP contribution in [0.5, 0.6) is 0 Å². The number of rotatable bonds is 8. The van der Waals surface area contributed by atoms with Crippen LogP contribution in [-0.4, -0.2) is 51.6 Å². The zero-order valence-electron chi connectivity index (χ0n) is 13.6. The predicted molar refractivity (Wildman–Crippen MR) is 88.1 cm³/mol. The lowest BCUT2D eigenvalue weighted by Crippen LogP contribution is -2.39. The largest absolute Gasteiger partial charge is 0.348 e. The van der Waals surface area contributed by atoms with Crippen LogP contribution in [0.15, 0.2) is 24.3 Å². The van der Waals surface area contributed by atoms with Gasteiger partial charge in [0.15, 0.2) is 0 Å². The Hall–Kier alpha value is -1.44. The van der Waals surface area contributed by atoms with Crippen LogP contribution in [-0.2, 0) is 14.8 Å². The van der Waals surface area contributed by atoms with Crippen molar-refractivity contribution in [1.82, 2.24) is 14.9 Å². The number of carbonyl (C=O) groups is 1. The Morgan fingerprint density at radius 2 is 1.86 bits per heavy atom. The van der Waals surface area contributed by atoms with Gasteiger partial charge in [-0.2, -0.15) is 0 Å². The minimum absolute atomic E-state index is 0.0615. The first-order chi connectivity index (χ1) is 10.2. The van der Waals surface area contributed by atoms with Gasteiger partial charge in [-0.25, -0.2) is 12.7 Å². The molecule has 2 N–H and O–H groups in total. The molecule has 0 saturated heterocycles. The van der Waals surface area contributed by atoms with Crippen LogP contribution in [0.2, 0.25) is 0 Å². The Balaban J connectivity index is 2.30. The zero-order valence-corrected chi connectivity index (χ0v) is 14.4. The first-order valence-electron chi connectivity index (χ1n) is 7.18. The minimum atomic E-state index is -3.17. The van der Waals surface area contributed by atoms with Gasteiger partial charge in [0, 0.05) is 20.1 Å². The lowest BCUT2D eigenvalue weighted by Gasteiger charge is -2.16. The summed E-state index contributed by atoms with van der Waals surface area (Å²) < 4.78 is 23.7. The van der Waals surface area contributed by atoms with Crippen LogP contribution < -0.4 is 10.6 Å². The molecular weight excluding hydrogens is 302 g/mol. The fourth-order valence-corrected chi connectivity index (χ4v) is 2.26. The van der Waals surface area contributed by atoms with Gasteiger partial charge in [0.05, 0.1) is 18.8 Å². The Morgan fingerprint density at radius 3 is 2.41 bits per heavy atom. The van der Waals surface area contributed by atoms with E-state index < -0.39 is 10.0 Å². The van der Waals surface area contributed by atoms with E-state index in [4.69, 9.17) is 0 Å². The molecular formula is C15H25N3O3S. The van der Waals surface area contributed by atoms with Crippen LogP contribution >= 0.6 is 0 Å². The molecule has 0 unspecified atom stereocenters. The minimum Gasteiger partial charge on any atom is -0.348 e. The normalized spacial score (nSPS) is 13.1. The Kier molecular flexibility index (Phi) is 6.99. The Morgan fingerprint density at radius 1 is 1.27 bits per heavy atom. The van der Waals surface area contributed by atoms with Crippen LogP contribution in [0, 0.1) is 6.92 Å². The predicted octanol–water partition coefficient (Wildman–Crippen LogP) is 0.653. The van der Waals surface area contributed by atoms with E-state index in [1.807, 2.05) is 38.1 Å². The summed E-state index contributed by atoms with van der Waals surface area (Å²) in [5.74, 6) is -0.116. The molecule has 0 bridgehead atoms. The van der Waals surface area contributed by atoms with Gasteiger partial charge in [-0.3, -0.25) is 4.79 Å². The highest BCUT2D eigenvalue weighted by atomic mass is 32.2. The number of carbonyl (C=O) groups excluding carboxylic acids is 1. The molecule has 7 heteroatoms. The molecule has 6 nitrogen and oxygen atoms in total. The molecule has 0 aliphatic rings. The second-order valence-corrected chi connectivity index (χ2v) is 7.55. The SMILES string of the molecule is Cc1ccc([C@@H](C)NC(=O)CNCCN(C)S(C)(=O)=O)cc1. The van der Waals surface area contributed by atoms with Crippen molar-refractivity contribution in [3.63, 3.8) is 0 Å². The van der Waals surface area contributed by atoms with Crippen molar-refractivity contribution >= 4 is 15.9 Å². The molecule has 1 aromatic carbocycles. The average Bonchev–Trinajstić information content (AvgIpc) is 2.42. The maximum atomic E-state index is 11.8. The van der Waals surface area contributed by atoms with Crippen molar-refractivity contribution < 1.29 is 13.2 Å². The highest BCUT2D eigenvalue weighted by molar-refractivity contribution is 7.88. The van der Waals surface area contributed by atoms with Crippen LogP contribution in [0.25, 0.3) is 0 Å². The number of nitrogens with one attached hydrogen (secondary N) is 2. The van der Waals surface area contributed by atoms with Gasteiger partial charge < -0.3 is 10.6 Å². The van der Waals surface area contributed by atoms with E-state index in [-0.39, 0.29) is 18.5 Å². The number of nitrogens with zero attached hydrogens (tertiary/aromatic N) is 1. The van der Waals surface area contributed by atoms with E-state index >= 15 is 0 Å². The van der Waals surface area contributed by atoms with Crippen molar-refractivity contribution in [3.8, 4) is 0 Å². The number of hydrogen-bond donors (Lipinski definition) is 2. The van der Waals surface area contributed by atoms with E-state index in [0.717, 1.165) is 11.8 Å². The van der Waals surface area contributed by atoms with Gasteiger partial charge in [0.25, 0.3) is 0 Å². The number of aryl methyl sites for hydroxylation is 1. The summed E-state index contributed by atoms with van der Waals surface area (Å²) in [5.41, 5.74) is 2.23. The molecule has 1 rings (SSSR count). The van der Waals surface area contributed by atoms with Gasteiger partial charge >= 0.3 is 0 Å². The van der Waals surface area contributed by atoms with Crippen molar-refractivity contribution in [3.05, 3.63) is 35.4 Å². The average molecular weight is 327 g/mol. The van der Waals surface area contributed by atoms with E-state index in [1.165, 1.54) is 16.9 Å². The van der Waals surface area contributed by atoms with Gasteiger partial charge in [-0.05, 0) is 19.4 Å². The molecule has 0 aliphatic heterocycles. The van der Waals surface area contributed by atoms with Crippen molar-refractivity contribution in [2.24, 2.45) is 0 Å². The molecule has 0 radical (unpaired) electrons. The van der Waals surface area contributed by atoms with Gasteiger partial charge in [-0.1, -0.05) is 29.8 Å². The molecule has 0 aliphatic carbocycles. The second-order valence-electron chi connectivity index (χ2n) is 5.46. The number of amides is 1. The van der Waals surface area contributed by atoms with Crippen molar-refractivity contribution in [2.45, 2.75) is 19.9 Å². The zero-order chi connectivity index (χ0) is 16.8. The third-order valence-corrected chi connectivity index (χ3v) is 4.72. The maximum absolute atomic E-state index is 11.8. The molecule has 0 fully saturated rings. The number of sulfonamides is 1. The standard InChI is InChI=1S/C15H25N3O3S/c1-12-5-7-14(8-6-12)13(2)17-15(19)11-16-9-10-18(3)22(4,20)21/h5-8,13,16H,9-11H2,1-4H3,(H,17,19)/t13-/m1/s1. The van der Waals surface area contributed by atoms with E-state index in [1.54, 1.807) is 0 Å². The summed E-state index contributed by atoms with van der Waals surface area (Å²) in [5, 5.41) is 5.84. The second kappa shape index (κ2) is 8.26. The Labute approximate surface area is 132 Å². The monoisotopic (exact) mass is 327 g/mol. The third kappa shape index (κ3) is 6.55. The molecule has 0 spiro atoms. The first-order valence-corrected chi connectivity index (χ1v) is 9.03. The highest BCUT2D eigenvalue weighted by Crippen LogP contribution is 2.12. The van der Waals surface area contributed by atoms with E-state index in [0.29, 0.717) is 13.1 Å². The van der Waals surface area contributed by atoms with Crippen LogP contribution in [0.4, 0.5) is 0 Å². The maximum Gasteiger partial charge on any atom is 0.234 e. The summed E-state index contributed by atoms with van der Waals surface area (Å²) >= 11 is 0. The fourth-order valence-electron chi connectivity index (χ4n) is 1.84. The van der Waals surface area contributed by atoms with Crippen LogP contribution in [0.3, 0.4) is 0 Å². The van der Waals surface area contributed by atoms with E-state index in [9.17, 15) is 13.2 Å². The van der Waals surface area contributed by atoms with Crippen LogP contribution in [0.1, 0.15) is 24.1 Å². The fraction of sp³-hybridized carbons (Fsp3) is 0.533. The lowest BCUT2D eigenvalue weighted by molar-refractivity contribution is -0.120. The van der Waals surface area contributed by atoms with E-state index in [2.05, 4.69) is 10.6 Å². The lowest BCUT2D eigenvalue weighted by atomic mass is 10.1. The molecule has 1 aromatic rings. The summed E-state index contributed by atoms with van der Waals surface area (Å²) in [7, 11) is -1.66. The topological polar surface area (TPSA) is 78.5 Å². The molecule has 124 valence electrons. The summed E-state index contributed by atoms with van der Waals surface area (Å²) in [6.45, 7) is 4.87. The summed E-state index contributed by atoms with van der Waals surface area (Å²) in [4.78, 5) is 11.8. The molecule has 0 heterocycles. The van der Waals surface area contributed by atoms with Crippen molar-refractivity contribution in [2.75, 3.05) is 32.9 Å². The van der Waals surface area contributed by atoms with Crippen molar-refractivity contribution in [1.29, 1.82) is 0 Å². The quantitative estimate of drug-likeness (QED) is 0.687. The molecule has 0 aromatic heterocycles. The number of likely N-dealkylation sites (N-methyl/N-ethyl adjacent to an activating group) is 1. The number of benzene rings is 1. The molecule has 1 atom stereocenters. The first kappa shape index (κ1) is 18.6. The van der Waals surface area contributed by atoms with Gasteiger partial charge in [0.2, 0.25) is 15.9 Å². The highest BCUT2D eigenvalue weighted by Gasteiger charge is 2.11. The molecule has 1 amide bonds. The number of hydrogen-bond acceptors (Lipinski definition) is 4. The molecule has 0 saturated carbocycles. The van der Waals surface area contributed by atoms with Gasteiger partial charge in [-0.15, -0.1) is 0 Å². The summed E-state index contributed by atoms with van der Waals surface area (Å²) in [6, 6.07) is 7.95. The summed E-state index contributed by atoms with van der Waals surface area (Å²) in [6.07, 6.45) is 1.16. The third-order valence-electron chi connectivity index (χ3n) is 3.41.